The summed E-state index contributed by atoms with van der Waals surface area (Å²) in [6.45, 7) is 2.55. The number of hydrogen-bond donors (Lipinski definition) is 2. The van der Waals surface area contributed by atoms with Crippen LogP contribution in [0.4, 0.5) is 0 Å². The van der Waals surface area contributed by atoms with Crippen LogP contribution in [0.15, 0.2) is 65.9 Å². The third-order valence-corrected chi connectivity index (χ3v) is 3.69. The molecule has 0 aromatic heterocycles. The van der Waals surface area contributed by atoms with Crippen molar-refractivity contribution in [1.29, 1.82) is 5.41 Å². The first kappa shape index (κ1) is 19.9. The van der Waals surface area contributed by atoms with Crippen molar-refractivity contribution < 1.29 is 24.2 Å². The third kappa shape index (κ3) is 5.81. The molecule has 0 saturated carbocycles. The number of Topliss-reactive ketones (excluding diaryl/α,β-unsaturated/α-hetero) is 1. The van der Waals surface area contributed by atoms with Crippen molar-refractivity contribution in [2.45, 2.75) is 20.5 Å². The minimum atomic E-state index is -0.651. The Kier molecular flexibility index (Phi) is 6.88. The van der Waals surface area contributed by atoms with E-state index in [0.29, 0.717) is 12.4 Å². The summed E-state index contributed by atoms with van der Waals surface area (Å²) >= 11 is 0. The molecule has 2 aromatic carbocycles. The molecule has 6 heteroatoms. The molecule has 0 aliphatic rings. The van der Waals surface area contributed by atoms with Crippen LogP contribution in [0.5, 0.6) is 5.75 Å². The number of benzene rings is 2. The van der Waals surface area contributed by atoms with E-state index in [1.54, 1.807) is 24.3 Å². The molecule has 0 fully saturated rings. The predicted octanol–water partition coefficient (Wildman–Crippen LogP) is 3.86. The lowest BCUT2D eigenvalue weighted by Gasteiger charge is -2.09. The van der Waals surface area contributed by atoms with Crippen LogP contribution in [0.2, 0.25) is 0 Å². The molecule has 2 rings (SSSR count). The van der Waals surface area contributed by atoms with Crippen molar-refractivity contribution in [3.63, 3.8) is 0 Å². The molecule has 0 aliphatic carbocycles. The van der Waals surface area contributed by atoms with Gasteiger partial charge in [-0.25, -0.2) is 4.79 Å². The third-order valence-electron chi connectivity index (χ3n) is 3.69. The van der Waals surface area contributed by atoms with Crippen LogP contribution in [-0.2, 0) is 16.1 Å². The van der Waals surface area contributed by atoms with Crippen molar-refractivity contribution in [3.05, 3.63) is 77.1 Å². The van der Waals surface area contributed by atoms with Crippen LogP contribution in [-0.4, -0.2) is 29.2 Å². The van der Waals surface area contributed by atoms with Crippen LogP contribution in [0.1, 0.15) is 29.8 Å². The number of esters is 1. The quantitative estimate of drug-likeness (QED) is 0.320. The summed E-state index contributed by atoms with van der Waals surface area (Å²) in [4.78, 5) is 23.5. The van der Waals surface area contributed by atoms with Crippen LogP contribution in [0, 0.1) is 5.41 Å². The lowest BCUT2D eigenvalue weighted by molar-refractivity contribution is -0.113. The van der Waals surface area contributed by atoms with Crippen LogP contribution >= 0.6 is 0 Å². The standard InChI is InChI=1S/C21H21NO5/c1-14(22)20(15(2)23)19(24)13-27-21(25)17-8-10-18(11-9-17)26-12-16-6-4-3-5-7-16/h3-11,22,24H,12-13H2,1-2H3/b20-19-,22-14?. The van der Waals surface area contributed by atoms with E-state index in [0.717, 1.165) is 5.56 Å². The van der Waals surface area contributed by atoms with Gasteiger partial charge in [0.05, 0.1) is 11.1 Å². The number of hydrogen-bond acceptors (Lipinski definition) is 6. The molecule has 0 heterocycles. The highest BCUT2D eigenvalue weighted by Gasteiger charge is 2.16. The fourth-order valence-corrected chi connectivity index (χ4v) is 2.40. The Balaban J connectivity index is 1.94. The Bertz CT molecular complexity index is 838. The Morgan fingerprint density at radius 3 is 2.19 bits per heavy atom. The Morgan fingerprint density at radius 1 is 1.00 bits per heavy atom. The maximum Gasteiger partial charge on any atom is 0.338 e. The van der Waals surface area contributed by atoms with Gasteiger partial charge in [-0.1, -0.05) is 30.3 Å². The average Bonchev–Trinajstić information content (AvgIpc) is 2.65. The Morgan fingerprint density at radius 2 is 1.63 bits per heavy atom. The van der Waals surface area contributed by atoms with E-state index >= 15 is 0 Å². The average molecular weight is 367 g/mol. The van der Waals surface area contributed by atoms with Gasteiger partial charge < -0.3 is 20.0 Å². The molecule has 0 radical (unpaired) electrons. The van der Waals surface area contributed by atoms with E-state index in [1.807, 2.05) is 30.3 Å². The van der Waals surface area contributed by atoms with Crippen LogP contribution in [0.3, 0.4) is 0 Å². The summed E-state index contributed by atoms with van der Waals surface area (Å²) in [6.07, 6.45) is 0. The normalized spacial score (nSPS) is 11.3. The Labute approximate surface area is 157 Å². The van der Waals surface area contributed by atoms with Gasteiger partial charge in [0.25, 0.3) is 0 Å². The van der Waals surface area contributed by atoms with E-state index in [1.165, 1.54) is 13.8 Å². The molecule has 27 heavy (non-hydrogen) atoms. The van der Waals surface area contributed by atoms with Gasteiger partial charge in [-0.15, -0.1) is 0 Å². The molecule has 0 spiro atoms. The van der Waals surface area contributed by atoms with Gasteiger partial charge in [0.15, 0.2) is 5.78 Å². The minimum Gasteiger partial charge on any atom is -0.508 e. The van der Waals surface area contributed by atoms with Gasteiger partial charge >= 0.3 is 5.97 Å². The molecule has 0 unspecified atom stereocenters. The van der Waals surface area contributed by atoms with E-state index in [4.69, 9.17) is 14.9 Å². The number of rotatable bonds is 8. The van der Waals surface area contributed by atoms with E-state index < -0.39 is 24.1 Å². The smallest absolute Gasteiger partial charge is 0.338 e. The summed E-state index contributed by atoms with van der Waals surface area (Å²) < 4.78 is 10.7. The second-order valence-corrected chi connectivity index (χ2v) is 5.88. The number of carbonyl (C=O) groups is 2. The molecule has 0 aliphatic heterocycles. The molecule has 6 nitrogen and oxygen atoms in total. The number of nitrogens with one attached hydrogen (secondary N) is 1. The number of allylic oxidation sites excluding steroid dienone is 1. The Hall–Kier alpha value is -3.41. The number of ketones is 1. The number of carbonyl (C=O) groups excluding carboxylic acids is 2. The second-order valence-electron chi connectivity index (χ2n) is 5.88. The number of aliphatic hydroxyl groups excluding tert-OH is 1. The highest BCUT2D eigenvalue weighted by Crippen LogP contribution is 2.15. The molecule has 0 amide bonds. The fraction of sp³-hybridized carbons (Fsp3) is 0.190. The van der Waals surface area contributed by atoms with E-state index in [9.17, 15) is 14.7 Å². The topological polar surface area (TPSA) is 96.7 Å². The molecule has 2 N–H and O–H groups in total. The largest absolute Gasteiger partial charge is 0.508 e. The molecule has 140 valence electrons. The van der Waals surface area contributed by atoms with Crippen molar-refractivity contribution in [2.24, 2.45) is 0 Å². The van der Waals surface area contributed by atoms with Crippen molar-refractivity contribution >= 4 is 17.5 Å². The summed E-state index contributed by atoms with van der Waals surface area (Å²) in [6, 6.07) is 16.1. The summed E-state index contributed by atoms with van der Waals surface area (Å²) in [5, 5.41) is 17.4. The zero-order chi connectivity index (χ0) is 19.8. The highest BCUT2D eigenvalue weighted by atomic mass is 16.5. The molecular formula is C21H21NO5. The minimum absolute atomic E-state index is 0.0871. The van der Waals surface area contributed by atoms with Crippen molar-refractivity contribution in [2.75, 3.05) is 6.61 Å². The van der Waals surface area contributed by atoms with Crippen LogP contribution in [0.25, 0.3) is 0 Å². The zero-order valence-corrected chi connectivity index (χ0v) is 15.2. The second kappa shape index (κ2) is 9.33. The number of ether oxygens (including phenoxy) is 2. The maximum absolute atomic E-state index is 12.1. The molecular weight excluding hydrogens is 346 g/mol. The first-order valence-electron chi connectivity index (χ1n) is 8.31. The summed E-state index contributed by atoms with van der Waals surface area (Å²) in [5.41, 5.74) is 1.08. The van der Waals surface area contributed by atoms with Crippen LogP contribution < -0.4 is 4.74 Å². The molecule has 0 saturated heterocycles. The first-order chi connectivity index (χ1) is 12.9. The lowest BCUT2D eigenvalue weighted by Crippen LogP contribution is -2.15. The maximum atomic E-state index is 12.1. The van der Waals surface area contributed by atoms with E-state index in [-0.39, 0.29) is 16.8 Å². The lowest BCUT2D eigenvalue weighted by atomic mass is 10.1. The molecule has 0 bridgehead atoms. The first-order valence-corrected chi connectivity index (χ1v) is 8.31. The SMILES string of the molecule is CC(=N)/C(C(C)=O)=C(/O)COC(=O)c1ccc(OCc2ccccc2)cc1. The predicted molar refractivity (Wildman–Crippen MR) is 101 cm³/mol. The van der Waals surface area contributed by atoms with E-state index in [2.05, 4.69) is 0 Å². The fourth-order valence-electron chi connectivity index (χ4n) is 2.40. The van der Waals surface area contributed by atoms with Crippen molar-refractivity contribution in [3.8, 4) is 5.75 Å². The van der Waals surface area contributed by atoms with Gasteiger partial charge in [0.2, 0.25) is 0 Å². The summed E-state index contributed by atoms with van der Waals surface area (Å²) in [7, 11) is 0. The molecule has 2 aromatic rings. The summed E-state index contributed by atoms with van der Waals surface area (Å²) in [5.74, 6) is -0.944. The van der Waals surface area contributed by atoms with Gasteiger partial charge in [0.1, 0.15) is 24.7 Å². The van der Waals surface area contributed by atoms with Gasteiger partial charge in [0, 0.05) is 5.71 Å². The van der Waals surface area contributed by atoms with Gasteiger partial charge in [-0.3, -0.25) is 4.79 Å². The van der Waals surface area contributed by atoms with Gasteiger partial charge in [-0.05, 0) is 43.7 Å². The van der Waals surface area contributed by atoms with Crippen molar-refractivity contribution in [1.82, 2.24) is 0 Å². The monoisotopic (exact) mass is 367 g/mol. The van der Waals surface area contributed by atoms with Gasteiger partial charge in [-0.2, -0.15) is 0 Å². The zero-order valence-electron chi connectivity index (χ0n) is 15.2. The highest BCUT2D eigenvalue weighted by molar-refractivity contribution is 6.19. The molecule has 0 atom stereocenters. The number of aliphatic hydroxyl groups is 1.